The maximum absolute atomic E-state index is 13.1. The quantitative estimate of drug-likeness (QED) is 0.615. The Labute approximate surface area is 182 Å². The monoisotopic (exact) mass is 419 g/mol. The number of nitrogens with zero attached hydrogens (tertiary/aromatic N) is 2. The van der Waals surface area contributed by atoms with Gasteiger partial charge in [0.05, 0.1) is 30.7 Å². The van der Waals surface area contributed by atoms with Crippen molar-refractivity contribution in [1.29, 1.82) is 0 Å². The Morgan fingerprint density at radius 1 is 1.10 bits per heavy atom. The highest BCUT2D eigenvalue weighted by Gasteiger charge is 2.29. The molecule has 31 heavy (non-hydrogen) atoms. The summed E-state index contributed by atoms with van der Waals surface area (Å²) in [6, 6.07) is 14.6. The first-order valence-corrected chi connectivity index (χ1v) is 11.2. The van der Waals surface area contributed by atoms with Crippen LogP contribution in [0.15, 0.2) is 63.8 Å². The molecule has 1 amide bonds. The zero-order valence-electron chi connectivity index (χ0n) is 17.9. The van der Waals surface area contributed by atoms with E-state index in [-0.39, 0.29) is 11.9 Å². The molecule has 0 bridgehead atoms. The van der Waals surface area contributed by atoms with Gasteiger partial charge in [-0.3, -0.25) is 9.69 Å². The minimum absolute atomic E-state index is 0.0577. The Balaban J connectivity index is 1.28. The van der Waals surface area contributed by atoms with Gasteiger partial charge in [0.1, 0.15) is 11.5 Å². The van der Waals surface area contributed by atoms with Gasteiger partial charge >= 0.3 is 0 Å². The summed E-state index contributed by atoms with van der Waals surface area (Å²) in [4.78, 5) is 17.8. The van der Waals surface area contributed by atoms with E-state index in [0.717, 1.165) is 25.3 Å². The highest BCUT2D eigenvalue weighted by Crippen LogP contribution is 2.33. The largest absolute Gasteiger partial charge is 0.468 e. The van der Waals surface area contributed by atoms with Crippen LogP contribution in [-0.4, -0.2) is 36.5 Å². The van der Waals surface area contributed by atoms with E-state index in [9.17, 15) is 4.79 Å². The van der Waals surface area contributed by atoms with Gasteiger partial charge in [0, 0.05) is 18.3 Å². The molecule has 2 aliphatic rings. The summed E-state index contributed by atoms with van der Waals surface area (Å²) in [6.07, 6.45) is 6.70. The van der Waals surface area contributed by atoms with Gasteiger partial charge in [0.15, 0.2) is 0 Å². The summed E-state index contributed by atoms with van der Waals surface area (Å²) in [5, 5.41) is 3.13. The van der Waals surface area contributed by atoms with Gasteiger partial charge in [-0.25, -0.2) is 0 Å². The predicted molar refractivity (Wildman–Crippen MR) is 119 cm³/mol. The highest BCUT2D eigenvalue weighted by atomic mass is 16.3. The lowest BCUT2D eigenvalue weighted by Crippen LogP contribution is -2.37. The van der Waals surface area contributed by atoms with Gasteiger partial charge in [0.2, 0.25) is 0 Å². The lowest BCUT2D eigenvalue weighted by atomic mass is 10.1. The summed E-state index contributed by atoms with van der Waals surface area (Å²) in [6.45, 7) is 5.38. The Kier molecular flexibility index (Phi) is 5.55. The third-order valence-electron chi connectivity index (χ3n) is 6.56. The van der Waals surface area contributed by atoms with E-state index in [0.29, 0.717) is 30.5 Å². The zero-order valence-corrected chi connectivity index (χ0v) is 17.9. The first-order chi connectivity index (χ1) is 15.2. The van der Waals surface area contributed by atoms with E-state index in [1.54, 1.807) is 18.6 Å². The van der Waals surface area contributed by atoms with Crippen LogP contribution in [0, 0.1) is 0 Å². The fraction of sp³-hybridized carbons (Fsp3) is 0.400. The molecular formula is C25H29N3O3. The van der Waals surface area contributed by atoms with E-state index in [4.69, 9.17) is 8.83 Å². The van der Waals surface area contributed by atoms with Crippen LogP contribution in [0.25, 0.3) is 0 Å². The van der Waals surface area contributed by atoms with Gasteiger partial charge < -0.3 is 19.1 Å². The SMILES string of the molecule is CC1Cc2ccccc2N1Cc1occc1C(=O)NCC(c1ccco1)N1CCCC1. The zero-order chi connectivity index (χ0) is 21.2. The first-order valence-electron chi connectivity index (χ1n) is 11.2. The molecule has 0 spiro atoms. The second kappa shape index (κ2) is 8.63. The summed E-state index contributed by atoms with van der Waals surface area (Å²) in [7, 11) is 0. The lowest BCUT2D eigenvalue weighted by molar-refractivity contribution is 0.0931. The van der Waals surface area contributed by atoms with Crippen molar-refractivity contribution in [2.24, 2.45) is 0 Å². The molecule has 6 nitrogen and oxygen atoms in total. The fourth-order valence-electron chi connectivity index (χ4n) is 4.92. The average Bonchev–Trinajstić information content (AvgIpc) is 3.58. The first kappa shape index (κ1) is 19.9. The summed E-state index contributed by atoms with van der Waals surface area (Å²) >= 11 is 0. The van der Waals surface area contributed by atoms with Crippen molar-refractivity contribution >= 4 is 11.6 Å². The fourth-order valence-corrected chi connectivity index (χ4v) is 4.92. The third kappa shape index (κ3) is 4.00. The number of para-hydroxylation sites is 1. The van der Waals surface area contributed by atoms with Gasteiger partial charge in [0.25, 0.3) is 5.91 Å². The van der Waals surface area contributed by atoms with Crippen LogP contribution in [0.3, 0.4) is 0 Å². The molecule has 2 aromatic heterocycles. The summed E-state index contributed by atoms with van der Waals surface area (Å²) in [5.74, 6) is 1.51. The topological polar surface area (TPSA) is 61.9 Å². The Morgan fingerprint density at radius 3 is 2.74 bits per heavy atom. The molecule has 162 valence electrons. The minimum atomic E-state index is -0.0976. The number of hydrogen-bond acceptors (Lipinski definition) is 5. The van der Waals surface area contributed by atoms with Crippen molar-refractivity contribution in [3.05, 3.63) is 77.6 Å². The smallest absolute Gasteiger partial charge is 0.254 e. The predicted octanol–water partition coefficient (Wildman–Crippen LogP) is 4.39. The molecule has 0 aliphatic carbocycles. The van der Waals surface area contributed by atoms with Gasteiger partial charge in [-0.05, 0) is 69.1 Å². The van der Waals surface area contributed by atoms with E-state index < -0.39 is 0 Å². The van der Waals surface area contributed by atoms with Crippen molar-refractivity contribution in [2.45, 2.75) is 44.8 Å². The molecule has 2 unspecified atom stereocenters. The minimum Gasteiger partial charge on any atom is -0.468 e. The van der Waals surface area contributed by atoms with Gasteiger partial charge in [-0.1, -0.05) is 18.2 Å². The second-order valence-corrected chi connectivity index (χ2v) is 8.55. The number of rotatable bonds is 7. The number of likely N-dealkylation sites (tertiary alicyclic amines) is 1. The van der Waals surface area contributed by atoms with Crippen molar-refractivity contribution in [1.82, 2.24) is 10.2 Å². The van der Waals surface area contributed by atoms with Crippen LogP contribution in [0.1, 0.15) is 53.2 Å². The molecule has 1 aromatic carbocycles. The number of benzene rings is 1. The molecule has 2 atom stereocenters. The maximum Gasteiger partial charge on any atom is 0.254 e. The molecule has 2 aliphatic heterocycles. The van der Waals surface area contributed by atoms with E-state index in [1.165, 1.54) is 24.1 Å². The number of carbonyl (C=O) groups excluding carboxylic acids is 1. The maximum atomic E-state index is 13.1. The van der Waals surface area contributed by atoms with E-state index in [2.05, 4.69) is 46.3 Å². The van der Waals surface area contributed by atoms with Crippen LogP contribution in [-0.2, 0) is 13.0 Å². The van der Waals surface area contributed by atoms with Gasteiger partial charge in [-0.2, -0.15) is 0 Å². The van der Waals surface area contributed by atoms with Crippen LogP contribution >= 0.6 is 0 Å². The number of amides is 1. The normalized spacial score (nSPS) is 19.5. The number of nitrogens with one attached hydrogen (secondary N) is 1. The summed E-state index contributed by atoms with van der Waals surface area (Å²) < 4.78 is 11.4. The lowest BCUT2D eigenvalue weighted by Gasteiger charge is -2.26. The molecular weight excluding hydrogens is 390 g/mol. The number of anilines is 1. The molecule has 1 fully saturated rings. The molecule has 0 radical (unpaired) electrons. The van der Waals surface area contributed by atoms with Crippen molar-refractivity contribution in [3.8, 4) is 0 Å². The van der Waals surface area contributed by atoms with E-state index in [1.807, 2.05) is 12.1 Å². The molecule has 5 rings (SSSR count). The molecule has 1 saturated heterocycles. The Bertz CT molecular complexity index is 1020. The van der Waals surface area contributed by atoms with Crippen molar-refractivity contribution in [2.75, 3.05) is 24.5 Å². The molecule has 3 aromatic rings. The number of furan rings is 2. The number of hydrogen-bond donors (Lipinski definition) is 1. The third-order valence-corrected chi connectivity index (χ3v) is 6.56. The van der Waals surface area contributed by atoms with Crippen LogP contribution in [0.4, 0.5) is 5.69 Å². The Hall–Kier alpha value is -2.99. The summed E-state index contributed by atoms with van der Waals surface area (Å²) in [5.41, 5.74) is 3.18. The standard InChI is InChI=1S/C25H29N3O3/c1-18-15-19-7-2-3-8-21(19)28(18)17-24-20(10-14-31-24)25(29)26-16-22(23-9-6-13-30-23)27-11-4-5-12-27/h2-3,6-10,13-14,18,22H,4-5,11-12,15-17H2,1H3,(H,26,29). The molecule has 4 heterocycles. The van der Waals surface area contributed by atoms with Crippen LogP contribution in [0.5, 0.6) is 0 Å². The highest BCUT2D eigenvalue weighted by molar-refractivity contribution is 5.95. The van der Waals surface area contributed by atoms with E-state index >= 15 is 0 Å². The molecule has 0 saturated carbocycles. The molecule has 6 heteroatoms. The van der Waals surface area contributed by atoms with Gasteiger partial charge in [-0.15, -0.1) is 0 Å². The number of carbonyl (C=O) groups is 1. The second-order valence-electron chi connectivity index (χ2n) is 8.55. The van der Waals surface area contributed by atoms with Crippen molar-refractivity contribution in [3.63, 3.8) is 0 Å². The average molecular weight is 420 g/mol. The van der Waals surface area contributed by atoms with Crippen LogP contribution in [0.2, 0.25) is 0 Å². The number of fused-ring (bicyclic) bond motifs is 1. The van der Waals surface area contributed by atoms with Crippen LogP contribution < -0.4 is 10.2 Å². The van der Waals surface area contributed by atoms with Crippen molar-refractivity contribution < 1.29 is 13.6 Å². The molecule has 1 N–H and O–H groups in total. The Morgan fingerprint density at radius 2 is 1.94 bits per heavy atom.